The molecule has 0 aliphatic carbocycles. The van der Waals surface area contributed by atoms with Gasteiger partial charge in [-0.2, -0.15) is 0 Å². The number of fused-ring (bicyclic) bond motifs is 1. The van der Waals surface area contributed by atoms with Gasteiger partial charge in [0.2, 0.25) is 5.91 Å². The number of anilines is 1. The summed E-state index contributed by atoms with van der Waals surface area (Å²) < 4.78 is 5.10. The fourth-order valence-electron chi connectivity index (χ4n) is 5.10. The van der Waals surface area contributed by atoms with Crippen LogP contribution in [0.1, 0.15) is 68.8 Å². The van der Waals surface area contributed by atoms with E-state index in [1.165, 1.54) is 0 Å². The Morgan fingerprint density at radius 1 is 1.03 bits per heavy atom. The third-order valence-corrected chi connectivity index (χ3v) is 7.79. The molecule has 190 valence electrons. The number of carbonyl (C=O) groups is 3. The number of amides is 2. The Labute approximate surface area is 213 Å². The molecule has 8 nitrogen and oxygen atoms in total. The molecule has 0 bridgehead atoms. The lowest BCUT2D eigenvalue weighted by Crippen LogP contribution is -2.48. The summed E-state index contributed by atoms with van der Waals surface area (Å²) in [6.45, 7) is 11.4. The van der Waals surface area contributed by atoms with Gasteiger partial charge in [-0.25, -0.2) is 4.79 Å². The monoisotopic (exact) mass is 500 g/mol. The van der Waals surface area contributed by atoms with Crippen molar-refractivity contribution < 1.29 is 19.1 Å². The Hall–Kier alpha value is -2.52. The van der Waals surface area contributed by atoms with Gasteiger partial charge in [-0.3, -0.25) is 19.4 Å². The number of piperazine rings is 1. The van der Waals surface area contributed by atoms with E-state index in [1.807, 2.05) is 36.6 Å². The number of carbonyl (C=O) groups excluding carboxylic acids is 3. The number of hydrogen-bond acceptors (Lipinski definition) is 6. The Balaban J connectivity index is 1.23. The van der Waals surface area contributed by atoms with Crippen LogP contribution in [0.15, 0.2) is 18.2 Å². The summed E-state index contributed by atoms with van der Waals surface area (Å²) in [5.41, 5.74) is 1.32. The predicted octanol–water partition coefficient (Wildman–Crippen LogP) is 3.18. The molecule has 0 radical (unpaired) electrons. The van der Waals surface area contributed by atoms with E-state index in [1.54, 1.807) is 17.0 Å². The number of ether oxygens (including phenoxy) is 1. The van der Waals surface area contributed by atoms with Gasteiger partial charge >= 0.3 is 5.97 Å². The zero-order valence-corrected chi connectivity index (χ0v) is 21.9. The number of rotatable bonds is 9. The van der Waals surface area contributed by atoms with Gasteiger partial charge in [-0.05, 0) is 63.7 Å². The molecule has 0 spiro atoms. The number of benzene rings is 1. The quantitative estimate of drug-likeness (QED) is 0.293. The van der Waals surface area contributed by atoms with E-state index in [0.29, 0.717) is 22.8 Å². The fraction of sp³-hybridized carbons (Fsp3) is 0.615. The highest BCUT2D eigenvalue weighted by Crippen LogP contribution is 2.34. The van der Waals surface area contributed by atoms with Gasteiger partial charge in [-0.1, -0.05) is 19.8 Å². The fourth-order valence-corrected chi connectivity index (χ4v) is 5.61. The molecule has 1 aromatic rings. The summed E-state index contributed by atoms with van der Waals surface area (Å²) in [7, 11) is 0. The first kappa shape index (κ1) is 25.6. The van der Waals surface area contributed by atoms with Crippen molar-refractivity contribution in [3.05, 3.63) is 29.3 Å². The van der Waals surface area contributed by atoms with Crippen LogP contribution in [0.3, 0.4) is 0 Å². The van der Waals surface area contributed by atoms with Crippen LogP contribution >= 0.6 is 12.2 Å². The molecule has 0 unspecified atom stereocenters. The SMILES string of the molecule is CCC(=O)N1CCN(CCCCCCN2C(=S)N(c3ccc4c(c3)COC4=O)C(=O)C2(C)C)CC1. The summed E-state index contributed by atoms with van der Waals surface area (Å²) in [5, 5.41) is 0.518. The second-order valence-electron chi connectivity index (χ2n) is 10.0. The number of thiocarbonyl (C=S) groups is 1. The smallest absolute Gasteiger partial charge is 0.338 e. The van der Waals surface area contributed by atoms with Gasteiger partial charge in [0.15, 0.2) is 5.11 Å². The molecule has 9 heteroatoms. The highest BCUT2D eigenvalue weighted by molar-refractivity contribution is 7.80. The molecule has 2 amide bonds. The van der Waals surface area contributed by atoms with Crippen LogP contribution < -0.4 is 4.90 Å². The molecule has 0 N–H and O–H groups in total. The van der Waals surface area contributed by atoms with Crippen molar-refractivity contribution in [1.29, 1.82) is 0 Å². The van der Waals surface area contributed by atoms with Gasteiger partial charge < -0.3 is 14.5 Å². The van der Waals surface area contributed by atoms with Crippen LogP contribution in [0, 0.1) is 0 Å². The number of esters is 1. The molecule has 2 saturated heterocycles. The maximum atomic E-state index is 13.3. The lowest BCUT2D eigenvalue weighted by Gasteiger charge is -2.34. The average Bonchev–Trinajstić information content (AvgIpc) is 3.30. The molecular weight excluding hydrogens is 464 g/mol. The van der Waals surface area contributed by atoms with Crippen LogP contribution in [0.2, 0.25) is 0 Å². The van der Waals surface area contributed by atoms with Gasteiger partial charge in [-0.15, -0.1) is 0 Å². The molecular formula is C26H36N4O4S. The van der Waals surface area contributed by atoms with E-state index in [4.69, 9.17) is 17.0 Å². The molecule has 3 heterocycles. The number of unbranched alkanes of at least 4 members (excludes halogenated alkanes) is 3. The van der Waals surface area contributed by atoms with Crippen molar-refractivity contribution in [2.75, 3.05) is 44.2 Å². The van der Waals surface area contributed by atoms with E-state index in [-0.39, 0.29) is 24.4 Å². The van der Waals surface area contributed by atoms with Gasteiger partial charge in [0, 0.05) is 44.7 Å². The van der Waals surface area contributed by atoms with Gasteiger partial charge in [0.1, 0.15) is 12.1 Å². The number of hydrogen-bond donors (Lipinski definition) is 0. The molecule has 35 heavy (non-hydrogen) atoms. The highest BCUT2D eigenvalue weighted by Gasteiger charge is 2.49. The van der Waals surface area contributed by atoms with Crippen molar-refractivity contribution in [3.63, 3.8) is 0 Å². The second-order valence-corrected chi connectivity index (χ2v) is 10.4. The van der Waals surface area contributed by atoms with Crippen molar-refractivity contribution in [2.45, 2.75) is 65.0 Å². The molecule has 0 atom stereocenters. The Bertz CT molecular complexity index is 1000. The third-order valence-electron chi connectivity index (χ3n) is 7.38. The van der Waals surface area contributed by atoms with Crippen LogP contribution in [0.25, 0.3) is 0 Å². The van der Waals surface area contributed by atoms with Crippen LogP contribution in [-0.4, -0.2) is 82.4 Å². The van der Waals surface area contributed by atoms with Crippen LogP contribution in [-0.2, 0) is 20.9 Å². The Morgan fingerprint density at radius 3 is 2.40 bits per heavy atom. The highest BCUT2D eigenvalue weighted by atomic mass is 32.1. The molecule has 0 saturated carbocycles. The van der Waals surface area contributed by atoms with Crippen LogP contribution in [0.4, 0.5) is 5.69 Å². The molecule has 1 aromatic carbocycles. The number of cyclic esters (lactones) is 1. The minimum atomic E-state index is -0.710. The van der Waals surface area contributed by atoms with E-state index in [0.717, 1.165) is 70.5 Å². The summed E-state index contributed by atoms with van der Waals surface area (Å²) in [4.78, 5) is 44.9. The largest absolute Gasteiger partial charge is 0.457 e. The summed E-state index contributed by atoms with van der Waals surface area (Å²) >= 11 is 5.74. The van der Waals surface area contributed by atoms with E-state index < -0.39 is 5.54 Å². The Kier molecular flexibility index (Phi) is 7.76. The summed E-state index contributed by atoms with van der Waals surface area (Å²) in [5.74, 6) is -0.115. The minimum absolute atomic E-state index is 0.0478. The van der Waals surface area contributed by atoms with Crippen molar-refractivity contribution in [3.8, 4) is 0 Å². The van der Waals surface area contributed by atoms with Crippen molar-refractivity contribution >= 4 is 40.8 Å². The molecule has 3 aliphatic heterocycles. The maximum Gasteiger partial charge on any atom is 0.338 e. The van der Waals surface area contributed by atoms with Gasteiger partial charge in [0.05, 0.1) is 11.3 Å². The molecule has 4 rings (SSSR count). The minimum Gasteiger partial charge on any atom is -0.457 e. The first-order valence-corrected chi connectivity index (χ1v) is 13.1. The summed E-state index contributed by atoms with van der Waals surface area (Å²) in [6, 6.07) is 5.32. The summed E-state index contributed by atoms with van der Waals surface area (Å²) in [6.07, 6.45) is 4.90. The predicted molar refractivity (Wildman–Crippen MR) is 138 cm³/mol. The first-order chi connectivity index (χ1) is 16.7. The first-order valence-electron chi connectivity index (χ1n) is 12.7. The average molecular weight is 501 g/mol. The molecule has 0 aromatic heterocycles. The standard InChI is InChI=1S/C26H36N4O4S/c1-4-22(31)28-15-13-27(14-16-28)11-7-5-6-8-12-29-25(35)30(24(33)26(29,2)3)20-9-10-21-19(17-20)18-34-23(21)32/h9-10,17H,4-8,11-16,18H2,1-3H3. The lowest BCUT2D eigenvalue weighted by atomic mass is 10.0. The number of nitrogens with zero attached hydrogens (tertiary/aromatic N) is 4. The molecule has 2 fully saturated rings. The normalized spacial score (nSPS) is 20.0. The zero-order chi connectivity index (χ0) is 25.2. The van der Waals surface area contributed by atoms with Gasteiger partial charge in [0.25, 0.3) is 5.91 Å². The lowest BCUT2D eigenvalue weighted by molar-refractivity contribution is -0.132. The van der Waals surface area contributed by atoms with Crippen molar-refractivity contribution in [2.24, 2.45) is 0 Å². The van der Waals surface area contributed by atoms with Crippen molar-refractivity contribution in [1.82, 2.24) is 14.7 Å². The Morgan fingerprint density at radius 2 is 1.71 bits per heavy atom. The topological polar surface area (TPSA) is 73.4 Å². The molecule has 3 aliphatic rings. The maximum absolute atomic E-state index is 13.3. The van der Waals surface area contributed by atoms with Crippen LogP contribution in [0.5, 0.6) is 0 Å². The van der Waals surface area contributed by atoms with E-state index >= 15 is 0 Å². The van der Waals surface area contributed by atoms with E-state index in [9.17, 15) is 14.4 Å². The van der Waals surface area contributed by atoms with E-state index in [2.05, 4.69) is 4.90 Å². The zero-order valence-electron chi connectivity index (χ0n) is 21.0. The third kappa shape index (κ3) is 5.21. The second kappa shape index (κ2) is 10.6.